The third-order valence-corrected chi connectivity index (χ3v) is 4.69. The first-order valence-corrected chi connectivity index (χ1v) is 9.01. The van der Waals surface area contributed by atoms with Gasteiger partial charge >= 0.3 is 0 Å². The lowest BCUT2D eigenvalue weighted by Gasteiger charge is -2.26. The Hall–Kier alpha value is -2.44. The first kappa shape index (κ1) is 18.4. The SMILES string of the molecule is Cc1cccc(Nc2ccnc(C(=O)NCCN3CCOCC3)c2)c1C. The minimum absolute atomic E-state index is 0.150. The van der Waals surface area contributed by atoms with Crippen molar-refractivity contribution in [1.29, 1.82) is 0 Å². The molecule has 3 rings (SSSR count). The molecule has 2 heterocycles. The summed E-state index contributed by atoms with van der Waals surface area (Å²) in [6.45, 7) is 8.97. The van der Waals surface area contributed by atoms with E-state index in [0.717, 1.165) is 44.2 Å². The second-order valence-electron chi connectivity index (χ2n) is 6.51. The van der Waals surface area contributed by atoms with Crippen LogP contribution in [0.5, 0.6) is 0 Å². The molecule has 138 valence electrons. The van der Waals surface area contributed by atoms with E-state index in [2.05, 4.69) is 40.4 Å². The van der Waals surface area contributed by atoms with Gasteiger partial charge in [-0.2, -0.15) is 0 Å². The van der Waals surface area contributed by atoms with Crippen LogP contribution in [0.1, 0.15) is 21.6 Å². The standard InChI is InChI=1S/C20H26N4O2/c1-15-4-3-5-18(16(15)2)23-17-6-7-21-19(14-17)20(25)22-8-9-24-10-12-26-13-11-24/h3-7,14H,8-13H2,1-2H3,(H,21,23)(H,22,25). The molecule has 2 N–H and O–H groups in total. The van der Waals surface area contributed by atoms with Gasteiger partial charge in [-0.3, -0.25) is 14.7 Å². The van der Waals surface area contributed by atoms with Crippen molar-refractivity contribution < 1.29 is 9.53 Å². The van der Waals surface area contributed by atoms with E-state index in [0.29, 0.717) is 12.2 Å². The molecule has 2 aromatic rings. The molecule has 0 spiro atoms. The number of carbonyl (C=O) groups excluding carboxylic acids is 1. The minimum Gasteiger partial charge on any atom is -0.379 e. The summed E-state index contributed by atoms with van der Waals surface area (Å²) in [7, 11) is 0. The Morgan fingerprint density at radius 1 is 1.23 bits per heavy atom. The first-order chi connectivity index (χ1) is 12.6. The summed E-state index contributed by atoms with van der Waals surface area (Å²) >= 11 is 0. The van der Waals surface area contributed by atoms with Crippen LogP contribution in [0, 0.1) is 13.8 Å². The maximum absolute atomic E-state index is 12.4. The minimum atomic E-state index is -0.150. The van der Waals surface area contributed by atoms with Crippen LogP contribution in [0.2, 0.25) is 0 Å². The Labute approximate surface area is 154 Å². The van der Waals surface area contributed by atoms with E-state index in [4.69, 9.17) is 4.74 Å². The average Bonchev–Trinajstić information content (AvgIpc) is 2.66. The highest BCUT2D eigenvalue weighted by Gasteiger charge is 2.12. The molecule has 1 fully saturated rings. The van der Waals surface area contributed by atoms with Gasteiger partial charge in [0.25, 0.3) is 5.91 Å². The highest BCUT2D eigenvalue weighted by Crippen LogP contribution is 2.22. The predicted octanol–water partition coefficient (Wildman–Crippen LogP) is 2.50. The maximum Gasteiger partial charge on any atom is 0.269 e. The van der Waals surface area contributed by atoms with E-state index in [1.165, 1.54) is 11.1 Å². The number of anilines is 2. The van der Waals surface area contributed by atoms with E-state index in [-0.39, 0.29) is 5.91 Å². The zero-order valence-corrected chi connectivity index (χ0v) is 15.4. The van der Waals surface area contributed by atoms with Crippen molar-refractivity contribution in [3.05, 3.63) is 53.3 Å². The van der Waals surface area contributed by atoms with Crippen molar-refractivity contribution in [1.82, 2.24) is 15.2 Å². The van der Waals surface area contributed by atoms with Gasteiger partial charge in [-0.05, 0) is 43.2 Å². The van der Waals surface area contributed by atoms with Crippen LogP contribution < -0.4 is 10.6 Å². The van der Waals surface area contributed by atoms with Crippen molar-refractivity contribution in [3.63, 3.8) is 0 Å². The summed E-state index contributed by atoms with van der Waals surface area (Å²) < 4.78 is 5.33. The summed E-state index contributed by atoms with van der Waals surface area (Å²) in [6.07, 6.45) is 1.66. The summed E-state index contributed by atoms with van der Waals surface area (Å²) in [5.74, 6) is -0.150. The fraction of sp³-hybridized carbons (Fsp3) is 0.400. The second kappa shape index (κ2) is 8.78. The van der Waals surface area contributed by atoms with Crippen LogP contribution in [0.15, 0.2) is 36.5 Å². The number of morpholine rings is 1. The molecular formula is C20H26N4O2. The average molecular weight is 354 g/mol. The monoisotopic (exact) mass is 354 g/mol. The number of pyridine rings is 1. The molecule has 1 aromatic heterocycles. The number of hydrogen-bond acceptors (Lipinski definition) is 5. The van der Waals surface area contributed by atoms with Gasteiger partial charge in [0.05, 0.1) is 13.2 Å². The number of ether oxygens (including phenoxy) is 1. The fourth-order valence-corrected chi connectivity index (χ4v) is 2.92. The lowest BCUT2D eigenvalue weighted by atomic mass is 10.1. The summed E-state index contributed by atoms with van der Waals surface area (Å²) in [4.78, 5) is 18.9. The third-order valence-electron chi connectivity index (χ3n) is 4.69. The molecule has 1 aromatic carbocycles. The smallest absolute Gasteiger partial charge is 0.269 e. The Kier molecular flexibility index (Phi) is 6.20. The van der Waals surface area contributed by atoms with Gasteiger partial charge in [-0.25, -0.2) is 0 Å². The van der Waals surface area contributed by atoms with E-state index in [1.54, 1.807) is 12.3 Å². The molecule has 6 heteroatoms. The summed E-state index contributed by atoms with van der Waals surface area (Å²) in [5.41, 5.74) is 4.73. The normalized spacial score (nSPS) is 14.8. The molecule has 26 heavy (non-hydrogen) atoms. The van der Waals surface area contributed by atoms with Crippen LogP contribution >= 0.6 is 0 Å². The topological polar surface area (TPSA) is 66.5 Å². The molecule has 0 atom stereocenters. The van der Waals surface area contributed by atoms with E-state index >= 15 is 0 Å². The number of nitrogens with one attached hydrogen (secondary N) is 2. The van der Waals surface area contributed by atoms with Crippen molar-refractivity contribution in [3.8, 4) is 0 Å². The van der Waals surface area contributed by atoms with Gasteiger partial charge < -0.3 is 15.4 Å². The Balaban J connectivity index is 1.57. The number of nitrogens with zero attached hydrogens (tertiary/aromatic N) is 2. The van der Waals surface area contributed by atoms with Crippen molar-refractivity contribution in [2.24, 2.45) is 0 Å². The van der Waals surface area contributed by atoms with Crippen LogP contribution in [0.3, 0.4) is 0 Å². The van der Waals surface area contributed by atoms with Crippen LogP contribution in [0.25, 0.3) is 0 Å². The highest BCUT2D eigenvalue weighted by molar-refractivity contribution is 5.93. The number of carbonyl (C=O) groups is 1. The van der Waals surface area contributed by atoms with E-state index in [1.807, 2.05) is 18.2 Å². The number of amides is 1. The van der Waals surface area contributed by atoms with Crippen LogP contribution in [-0.2, 0) is 4.74 Å². The molecule has 0 radical (unpaired) electrons. The Morgan fingerprint density at radius 3 is 2.85 bits per heavy atom. The zero-order valence-electron chi connectivity index (χ0n) is 15.4. The number of aryl methyl sites for hydroxylation is 1. The fourth-order valence-electron chi connectivity index (χ4n) is 2.92. The van der Waals surface area contributed by atoms with Gasteiger partial charge in [0.1, 0.15) is 5.69 Å². The number of hydrogen-bond donors (Lipinski definition) is 2. The van der Waals surface area contributed by atoms with Gasteiger partial charge in [-0.1, -0.05) is 12.1 Å². The Morgan fingerprint density at radius 2 is 2.04 bits per heavy atom. The van der Waals surface area contributed by atoms with Crippen LogP contribution in [0.4, 0.5) is 11.4 Å². The van der Waals surface area contributed by atoms with Gasteiger partial charge in [0, 0.05) is 43.8 Å². The molecule has 1 aliphatic heterocycles. The molecule has 1 amide bonds. The van der Waals surface area contributed by atoms with Crippen LogP contribution in [-0.4, -0.2) is 55.2 Å². The van der Waals surface area contributed by atoms with Crippen molar-refractivity contribution in [2.45, 2.75) is 13.8 Å². The van der Waals surface area contributed by atoms with Crippen molar-refractivity contribution >= 4 is 17.3 Å². The Bertz CT molecular complexity index is 757. The molecule has 1 aliphatic rings. The quantitative estimate of drug-likeness (QED) is 0.834. The second-order valence-corrected chi connectivity index (χ2v) is 6.51. The molecule has 0 bridgehead atoms. The molecule has 0 saturated carbocycles. The van der Waals surface area contributed by atoms with E-state index < -0.39 is 0 Å². The molecular weight excluding hydrogens is 328 g/mol. The lowest BCUT2D eigenvalue weighted by molar-refractivity contribution is 0.0383. The van der Waals surface area contributed by atoms with Gasteiger partial charge in [0.15, 0.2) is 0 Å². The lowest BCUT2D eigenvalue weighted by Crippen LogP contribution is -2.41. The number of aromatic nitrogens is 1. The number of rotatable bonds is 6. The zero-order chi connectivity index (χ0) is 18.4. The first-order valence-electron chi connectivity index (χ1n) is 9.01. The predicted molar refractivity (Wildman–Crippen MR) is 103 cm³/mol. The largest absolute Gasteiger partial charge is 0.379 e. The van der Waals surface area contributed by atoms with Gasteiger partial charge in [-0.15, -0.1) is 0 Å². The van der Waals surface area contributed by atoms with Crippen molar-refractivity contribution in [2.75, 3.05) is 44.7 Å². The van der Waals surface area contributed by atoms with E-state index in [9.17, 15) is 4.79 Å². The summed E-state index contributed by atoms with van der Waals surface area (Å²) in [6, 6.07) is 9.79. The van der Waals surface area contributed by atoms with Gasteiger partial charge in [0.2, 0.25) is 0 Å². The molecule has 1 saturated heterocycles. The maximum atomic E-state index is 12.4. The molecule has 0 unspecified atom stereocenters. The third kappa shape index (κ3) is 4.80. The number of benzene rings is 1. The molecule has 0 aliphatic carbocycles. The molecule has 6 nitrogen and oxygen atoms in total. The summed E-state index contributed by atoms with van der Waals surface area (Å²) in [5, 5.41) is 6.32. The highest BCUT2D eigenvalue weighted by atomic mass is 16.5.